The van der Waals surface area contributed by atoms with Gasteiger partial charge in [-0.15, -0.1) is 0 Å². The summed E-state index contributed by atoms with van der Waals surface area (Å²) in [4.78, 5) is 0. The van der Waals surface area contributed by atoms with Crippen LogP contribution in [0.3, 0.4) is 0 Å². The van der Waals surface area contributed by atoms with E-state index >= 15 is 0 Å². The molecule has 0 heterocycles. The summed E-state index contributed by atoms with van der Waals surface area (Å²) in [5.74, 6) is 0. The zero-order valence-corrected chi connectivity index (χ0v) is 13.5. The van der Waals surface area contributed by atoms with E-state index in [1.165, 1.54) is 31.4 Å². The summed E-state index contributed by atoms with van der Waals surface area (Å²) in [5, 5.41) is 0. The van der Waals surface area contributed by atoms with Gasteiger partial charge in [-0.05, 0) is 63.9 Å². The van der Waals surface area contributed by atoms with E-state index in [2.05, 4.69) is 102 Å². The molecule has 20 heavy (non-hydrogen) atoms. The monoisotopic (exact) mass is 370 g/mol. The Balaban J connectivity index is 1.91. The van der Waals surface area contributed by atoms with Gasteiger partial charge in [-0.2, -0.15) is 0 Å². The quantitative estimate of drug-likeness (QED) is 0.490. The van der Waals surface area contributed by atoms with Crippen molar-refractivity contribution in [2.24, 2.45) is 0 Å². The van der Waals surface area contributed by atoms with Crippen LogP contribution in [0.25, 0.3) is 22.3 Å². The third kappa shape index (κ3) is 2.93. The number of hydrogen-bond donors (Lipinski definition) is 0. The van der Waals surface area contributed by atoms with Crippen molar-refractivity contribution in [3.05, 3.63) is 81.9 Å². The highest BCUT2D eigenvalue weighted by Gasteiger charge is 2.00. The fourth-order valence-electron chi connectivity index (χ4n) is 2.24. The predicted molar refractivity (Wildman–Crippen MR) is 94.8 cm³/mol. The van der Waals surface area contributed by atoms with Crippen LogP contribution < -0.4 is 0 Å². The van der Waals surface area contributed by atoms with Gasteiger partial charge in [0, 0.05) is 3.57 Å². The Kier molecular flexibility index (Phi) is 3.88. The van der Waals surface area contributed by atoms with Crippen molar-refractivity contribution in [3.63, 3.8) is 0 Å². The molecule has 3 rings (SSSR count). The molecule has 0 spiro atoms. The first-order valence-electron chi connectivity index (χ1n) is 6.65. The summed E-state index contributed by atoms with van der Waals surface area (Å²) >= 11 is 2.33. The molecular formula is C19H15I. The lowest BCUT2D eigenvalue weighted by atomic mass is 10.00. The lowest BCUT2D eigenvalue weighted by Gasteiger charge is -2.05. The fraction of sp³-hybridized carbons (Fsp3) is 0.0526. The van der Waals surface area contributed by atoms with Gasteiger partial charge in [-0.1, -0.05) is 66.2 Å². The zero-order chi connectivity index (χ0) is 13.9. The Bertz CT molecular complexity index is 628. The van der Waals surface area contributed by atoms with Crippen molar-refractivity contribution >= 4 is 22.6 Å². The van der Waals surface area contributed by atoms with Crippen LogP contribution in [0.5, 0.6) is 0 Å². The van der Waals surface area contributed by atoms with Gasteiger partial charge < -0.3 is 0 Å². The molecule has 1 heteroatoms. The van der Waals surface area contributed by atoms with E-state index in [0.717, 1.165) is 0 Å². The number of benzene rings is 3. The Morgan fingerprint density at radius 2 is 0.800 bits per heavy atom. The molecule has 0 unspecified atom stereocenters. The molecule has 0 aliphatic rings. The van der Waals surface area contributed by atoms with Crippen LogP contribution in [0.1, 0.15) is 5.56 Å². The van der Waals surface area contributed by atoms with E-state index in [9.17, 15) is 0 Å². The second-order valence-corrected chi connectivity index (χ2v) is 6.20. The molecule has 0 aliphatic heterocycles. The summed E-state index contributed by atoms with van der Waals surface area (Å²) in [6, 6.07) is 26.1. The Morgan fingerprint density at radius 1 is 0.500 bits per heavy atom. The van der Waals surface area contributed by atoms with Crippen LogP contribution in [0.15, 0.2) is 72.8 Å². The smallest absolute Gasteiger partial charge is 0.0130 e. The van der Waals surface area contributed by atoms with Crippen molar-refractivity contribution in [3.8, 4) is 22.3 Å². The molecule has 3 aromatic rings. The largest absolute Gasteiger partial charge is 0.0587 e. The Morgan fingerprint density at radius 3 is 1.20 bits per heavy atom. The maximum Gasteiger partial charge on any atom is 0.0130 e. The van der Waals surface area contributed by atoms with Crippen LogP contribution in [0, 0.1) is 10.5 Å². The Labute approximate surface area is 133 Å². The fourth-order valence-corrected chi connectivity index (χ4v) is 2.60. The van der Waals surface area contributed by atoms with E-state index < -0.39 is 0 Å². The molecule has 0 saturated heterocycles. The van der Waals surface area contributed by atoms with Crippen LogP contribution in [-0.4, -0.2) is 0 Å². The van der Waals surface area contributed by atoms with Crippen LogP contribution in [0.4, 0.5) is 0 Å². The van der Waals surface area contributed by atoms with Gasteiger partial charge in [0.15, 0.2) is 0 Å². The van der Waals surface area contributed by atoms with Gasteiger partial charge in [-0.25, -0.2) is 0 Å². The van der Waals surface area contributed by atoms with E-state index in [0.29, 0.717) is 0 Å². The topological polar surface area (TPSA) is 0 Å². The zero-order valence-electron chi connectivity index (χ0n) is 11.3. The number of halogens is 1. The average molecular weight is 370 g/mol. The molecule has 0 saturated carbocycles. The van der Waals surface area contributed by atoms with Gasteiger partial charge in [0.2, 0.25) is 0 Å². The summed E-state index contributed by atoms with van der Waals surface area (Å²) in [6.07, 6.45) is 0. The van der Waals surface area contributed by atoms with Gasteiger partial charge in [0.1, 0.15) is 0 Å². The molecule has 0 atom stereocenters. The molecule has 0 aromatic heterocycles. The molecule has 3 aromatic carbocycles. The normalized spacial score (nSPS) is 10.5. The first kappa shape index (κ1) is 13.4. The van der Waals surface area contributed by atoms with Crippen molar-refractivity contribution in [2.45, 2.75) is 6.92 Å². The molecule has 0 bridgehead atoms. The molecule has 98 valence electrons. The predicted octanol–water partition coefficient (Wildman–Crippen LogP) is 5.93. The van der Waals surface area contributed by atoms with E-state index in [4.69, 9.17) is 0 Å². The number of aryl methyl sites for hydroxylation is 1. The van der Waals surface area contributed by atoms with Crippen molar-refractivity contribution in [1.82, 2.24) is 0 Å². The first-order valence-corrected chi connectivity index (χ1v) is 7.73. The molecule has 0 radical (unpaired) electrons. The number of hydrogen-bond acceptors (Lipinski definition) is 0. The molecule has 0 aliphatic carbocycles. The van der Waals surface area contributed by atoms with Crippen LogP contribution in [0.2, 0.25) is 0 Å². The summed E-state index contributed by atoms with van der Waals surface area (Å²) in [6.45, 7) is 2.11. The standard InChI is InChI=1S/C19H15I/c1-14-2-4-15(5-3-14)16-6-8-17(9-7-16)18-10-12-19(20)13-11-18/h2-13H,1H3. The van der Waals surface area contributed by atoms with Crippen LogP contribution in [-0.2, 0) is 0 Å². The average Bonchev–Trinajstić information content (AvgIpc) is 2.49. The van der Waals surface area contributed by atoms with Gasteiger partial charge >= 0.3 is 0 Å². The van der Waals surface area contributed by atoms with E-state index in [-0.39, 0.29) is 0 Å². The molecule has 0 amide bonds. The Hall–Kier alpha value is -1.61. The minimum atomic E-state index is 1.26. The minimum absolute atomic E-state index is 1.26. The van der Waals surface area contributed by atoms with Crippen LogP contribution >= 0.6 is 22.6 Å². The van der Waals surface area contributed by atoms with Crippen molar-refractivity contribution < 1.29 is 0 Å². The van der Waals surface area contributed by atoms with Gasteiger partial charge in [-0.3, -0.25) is 0 Å². The first-order chi connectivity index (χ1) is 9.72. The number of rotatable bonds is 2. The molecule has 0 nitrogen and oxygen atoms in total. The highest BCUT2D eigenvalue weighted by Crippen LogP contribution is 2.25. The minimum Gasteiger partial charge on any atom is -0.0587 e. The van der Waals surface area contributed by atoms with Crippen molar-refractivity contribution in [2.75, 3.05) is 0 Å². The van der Waals surface area contributed by atoms with Gasteiger partial charge in [0.05, 0.1) is 0 Å². The highest BCUT2D eigenvalue weighted by atomic mass is 127. The molecule has 0 N–H and O–H groups in total. The summed E-state index contributed by atoms with van der Waals surface area (Å²) in [5.41, 5.74) is 6.35. The van der Waals surface area contributed by atoms with E-state index in [1.807, 2.05) is 0 Å². The maximum atomic E-state index is 2.33. The second-order valence-electron chi connectivity index (χ2n) is 4.95. The lowest BCUT2D eigenvalue weighted by Crippen LogP contribution is -1.81. The maximum absolute atomic E-state index is 2.33. The summed E-state index contributed by atoms with van der Waals surface area (Å²) < 4.78 is 1.27. The van der Waals surface area contributed by atoms with E-state index in [1.54, 1.807) is 0 Å². The SMILES string of the molecule is Cc1ccc(-c2ccc(-c3ccc(I)cc3)cc2)cc1. The third-order valence-electron chi connectivity index (χ3n) is 3.45. The van der Waals surface area contributed by atoms with Crippen molar-refractivity contribution in [1.29, 1.82) is 0 Å². The summed E-state index contributed by atoms with van der Waals surface area (Å²) in [7, 11) is 0. The molecule has 0 fully saturated rings. The highest BCUT2D eigenvalue weighted by molar-refractivity contribution is 14.1. The lowest BCUT2D eigenvalue weighted by molar-refractivity contribution is 1.47. The van der Waals surface area contributed by atoms with Gasteiger partial charge in [0.25, 0.3) is 0 Å². The second kappa shape index (κ2) is 5.80. The molecular weight excluding hydrogens is 355 g/mol. The third-order valence-corrected chi connectivity index (χ3v) is 4.17.